The molecule has 2 aromatic heterocycles. The van der Waals surface area contributed by atoms with Gasteiger partial charge in [-0.2, -0.15) is 5.10 Å². The van der Waals surface area contributed by atoms with Gasteiger partial charge in [-0.05, 0) is 47.9 Å². The molecule has 2 heterocycles. The molecule has 0 radical (unpaired) electrons. The van der Waals surface area contributed by atoms with Crippen molar-refractivity contribution in [3.8, 4) is 0 Å². The van der Waals surface area contributed by atoms with Crippen LogP contribution in [-0.2, 0) is 19.4 Å². The van der Waals surface area contributed by atoms with E-state index in [4.69, 9.17) is 4.52 Å². The molecule has 6 heteroatoms. The molecule has 6 nitrogen and oxygen atoms in total. The maximum Gasteiger partial charge on any atom is 0.278 e. The second-order valence-corrected chi connectivity index (χ2v) is 8.60. The number of aromatic nitrogens is 3. The number of rotatable bonds is 4. The molecule has 1 N–H and O–H groups in total. The SMILES string of the molecule is CC(C)(C)[C@H]1CCc2onc(C(=O)Nc3cccc(Cn4cccn4)c3)c2C1. The summed E-state index contributed by atoms with van der Waals surface area (Å²) in [6.07, 6.45) is 6.42. The molecule has 1 aliphatic carbocycles. The first-order valence-electron chi connectivity index (χ1n) is 9.75. The fourth-order valence-electron chi connectivity index (χ4n) is 3.84. The quantitative estimate of drug-likeness (QED) is 0.734. The van der Waals surface area contributed by atoms with Gasteiger partial charge in [-0.15, -0.1) is 0 Å². The summed E-state index contributed by atoms with van der Waals surface area (Å²) < 4.78 is 7.33. The predicted octanol–water partition coefficient (Wildman–Crippen LogP) is 4.32. The van der Waals surface area contributed by atoms with E-state index in [-0.39, 0.29) is 11.3 Å². The zero-order valence-electron chi connectivity index (χ0n) is 16.6. The molecule has 1 aliphatic rings. The van der Waals surface area contributed by atoms with E-state index < -0.39 is 0 Å². The Morgan fingerprint density at radius 1 is 1.32 bits per heavy atom. The second kappa shape index (κ2) is 7.26. The van der Waals surface area contributed by atoms with Gasteiger partial charge in [0.25, 0.3) is 5.91 Å². The lowest BCUT2D eigenvalue weighted by Gasteiger charge is -2.33. The van der Waals surface area contributed by atoms with Gasteiger partial charge in [0, 0.05) is 30.1 Å². The van der Waals surface area contributed by atoms with Crippen molar-refractivity contribution in [1.29, 1.82) is 0 Å². The van der Waals surface area contributed by atoms with Gasteiger partial charge in [0.05, 0.1) is 6.54 Å². The first-order valence-corrected chi connectivity index (χ1v) is 9.75. The molecule has 0 aliphatic heterocycles. The van der Waals surface area contributed by atoms with E-state index in [1.165, 1.54) is 0 Å². The average Bonchev–Trinajstić information content (AvgIpc) is 3.30. The van der Waals surface area contributed by atoms with Crippen LogP contribution in [0.3, 0.4) is 0 Å². The maximum absolute atomic E-state index is 12.9. The third-order valence-corrected chi connectivity index (χ3v) is 5.57. The fraction of sp³-hybridized carbons (Fsp3) is 0.409. The topological polar surface area (TPSA) is 73.0 Å². The molecule has 4 rings (SSSR count). The van der Waals surface area contributed by atoms with Crippen LogP contribution in [0, 0.1) is 11.3 Å². The van der Waals surface area contributed by atoms with E-state index >= 15 is 0 Å². The number of hydrogen-bond donors (Lipinski definition) is 1. The molecule has 0 saturated carbocycles. The largest absolute Gasteiger partial charge is 0.360 e. The van der Waals surface area contributed by atoms with Crippen molar-refractivity contribution in [1.82, 2.24) is 14.9 Å². The highest BCUT2D eigenvalue weighted by Gasteiger charge is 2.34. The van der Waals surface area contributed by atoms with Crippen LogP contribution in [0.2, 0.25) is 0 Å². The van der Waals surface area contributed by atoms with Crippen molar-refractivity contribution in [3.63, 3.8) is 0 Å². The van der Waals surface area contributed by atoms with Crippen LogP contribution in [-0.4, -0.2) is 20.8 Å². The van der Waals surface area contributed by atoms with Crippen LogP contribution in [0.4, 0.5) is 5.69 Å². The number of hydrogen-bond acceptors (Lipinski definition) is 4. The third-order valence-electron chi connectivity index (χ3n) is 5.57. The molecule has 1 amide bonds. The summed E-state index contributed by atoms with van der Waals surface area (Å²) in [5, 5.41) is 11.3. The average molecular weight is 378 g/mol. The molecule has 0 saturated heterocycles. The van der Waals surface area contributed by atoms with E-state index in [1.54, 1.807) is 6.20 Å². The Morgan fingerprint density at radius 2 is 2.18 bits per heavy atom. The summed E-state index contributed by atoms with van der Waals surface area (Å²) in [4.78, 5) is 12.9. The smallest absolute Gasteiger partial charge is 0.278 e. The van der Waals surface area contributed by atoms with E-state index in [0.717, 1.165) is 41.8 Å². The highest BCUT2D eigenvalue weighted by Crippen LogP contribution is 2.38. The minimum atomic E-state index is -0.212. The number of nitrogens with one attached hydrogen (secondary N) is 1. The number of anilines is 1. The lowest BCUT2D eigenvalue weighted by Crippen LogP contribution is -2.27. The Balaban J connectivity index is 1.50. The summed E-state index contributed by atoms with van der Waals surface area (Å²) in [5.41, 5.74) is 3.40. The van der Waals surface area contributed by atoms with Crippen LogP contribution in [0.25, 0.3) is 0 Å². The maximum atomic E-state index is 12.9. The molecule has 0 bridgehead atoms. The lowest BCUT2D eigenvalue weighted by atomic mass is 9.71. The van der Waals surface area contributed by atoms with Gasteiger partial charge < -0.3 is 9.84 Å². The number of amides is 1. The van der Waals surface area contributed by atoms with E-state index in [0.29, 0.717) is 18.2 Å². The molecule has 0 unspecified atom stereocenters. The Labute approximate surface area is 164 Å². The molecule has 1 atom stereocenters. The van der Waals surface area contributed by atoms with Crippen molar-refractivity contribution in [2.75, 3.05) is 5.32 Å². The standard InChI is InChI=1S/C22H26N4O2/c1-22(2,3)16-8-9-19-18(13-16)20(25-28-19)21(27)24-17-7-4-6-15(12-17)14-26-11-5-10-23-26/h4-7,10-12,16H,8-9,13-14H2,1-3H3,(H,24,27)/t16-/m0/s1. The van der Waals surface area contributed by atoms with Crippen molar-refractivity contribution in [2.24, 2.45) is 11.3 Å². The molecule has 1 aromatic carbocycles. The van der Waals surface area contributed by atoms with Crippen molar-refractivity contribution >= 4 is 11.6 Å². The first kappa shape index (κ1) is 18.5. The zero-order chi connectivity index (χ0) is 19.7. The first-order chi connectivity index (χ1) is 13.4. The molecule has 3 aromatic rings. The summed E-state index contributed by atoms with van der Waals surface area (Å²) in [6, 6.07) is 9.69. The summed E-state index contributed by atoms with van der Waals surface area (Å²) in [7, 11) is 0. The number of fused-ring (bicyclic) bond motifs is 1. The van der Waals surface area contributed by atoms with Crippen molar-refractivity contribution in [3.05, 3.63) is 65.3 Å². The van der Waals surface area contributed by atoms with Crippen LogP contribution in [0.1, 0.15) is 54.6 Å². The Hall–Kier alpha value is -2.89. The van der Waals surface area contributed by atoms with E-state index in [1.807, 2.05) is 41.2 Å². The predicted molar refractivity (Wildman–Crippen MR) is 107 cm³/mol. The summed E-state index contributed by atoms with van der Waals surface area (Å²) >= 11 is 0. The van der Waals surface area contributed by atoms with Crippen LogP contribution >= 0.6 is 0 Å². The van der Waals surface area contributed by atoms with Gasteiger partial charge in [0.1, 0.15) is 5.76 Å². The molecule has 0 spiro atoms. The Kier molecular flexibility index (Phi) is 4.79. The minimum Gasteiger partial charge on any atom is -0.360 e. The zero-order valence-corrected chi connectivity index (χ0v) is 16.6. The number of carbonyl (C=O) groups excluding carboxylic acids is 1. The second-order valence-electron chi connectivity index (χ2n) is 8.60. The number of nitrogens with zero attached hydrogens (tertiary/aromatic N) is 3. The number of aryl methyl sites for hydroxylation is 1. The molecule has 146 valence electrons. The molecule has 0 fully saturated rings. The normalized spacial score (nSPS) is 16.6. The highest BCUT2D eigenvalue weighted by molar-refractivity contribution is 6.04. The van der Waals surface area contributed by atoms with Crippen molar-refractivity contribution < 1.29 is 9.32 Å². The van der Waals surface area contributed by atoms with Crippen LogP contribution in [0.15, 0.2) is 47.2 Å². The lowest BCUT2D eigenvalue weighted by molar-refractivity contribution is 0.101. The summed E-state index contributed by atoms with van der Waals surface area (Å²) in [5.74, 6) is 1.16. The van der Waals surface area contributed by atoms with Gasteiger partial charge in [-0.1, -0.05) is 38.1 Å². The Morgan fingerprint density at radius 3 is 2.93 bits per heavy atom. The number of carbonyl (C=O) groups is 1. The van der Waals surface area contributed by atoms with Gasteiger partial charge in [0.15, 0.2) is 5.69 Å². The van der Waals surface area contributed by atoms with E-state index in [2.05, 4.69) is 36.3 Å². The van der Waals surface area contributed by atoms with Crippen molar-refractivity contribution in [2.45, 2.75) is 46.6 Å². The third kappa shape index (κ3) is 3.86. The van der Waals surface area contributed by atoms with Gasteiger partial charge in [0.2, 0.25) is 0 Å². The molecular weight excluding hydrogens is 352 g/mol. The monoisotopic (exact) mass is 378 g/mol. The van der Waals surface area contributed by atoms with E-state index in [9.17, 15) is 4.79 Å². The Bertz CT molecular complexity index is 967. The van der Waals surface area contributed by atoms with Gasteiger partial charge >= 0.3 is 0 Å². The summed E-state index contributed by atoms with van der Waals surface area (Å²) in [6.45, 7) is 7.41. The number of benzene rings is 1. The molecular formula is C22H26N4O2. The minimum absolute atomic E-state index is 0.198. The van der Waals surface area contributed by atoms with Crippen LogP contribution in [0.5, 0.6) is 0 Å². The highest BCUT2D eigenvalue weighted by atomic mass is 16.5. The molecule has 28 heavy (non-hydrogen) atoms. The van der Waals surface area contributed by atoms with Gasteiger partial charge in [-0.25, -0.2) is 0 Å². The van der Waals surface area contributed by atoms with Gasteiger partial charge in [-0.3, -0.25) is 9.48 Å². The van der Waals surface area contributed by atoms with Crippen LogP contribution < -0.4 is 5.32 Å². The fourth-order valence-corrected chi connectivity index (χ4v) is 3.84.